The van der Waals surface area contributed by atoms with Crippen molar-refractivity contribution in [3.05, 3.63) is 11.4 Å². The molecule has 0 bridgehead atoms. The number of aryl methyl sites for hydroxylation is 2. The number of rotatable bonds is 5. The quantitative estimate of drug-likeness (QED) is 0.857. The molecule has 1 fully saturated rings. The Kier molecular flexibility index (Phi) is 4.88. The first-order valence-corrected chi connectivity index (χ1v) is 7.79. The van der Waals surface area contributed by atoms with Crippen LogP contribution in [-0.4, -0.2) is 46.3 Å². The molecule has 2 heterocycles. The van der Waals surface area contributed by atoms with Crippen LogP contribution in [0.2, 0.25) is 0 Å². The number of carbonyl (C=O) groups excluding carboxylic acids is 1. The summed E-state index contributed by atoms with van der Waals surface area (Å²) in [6.45, 7) is 11.7. The van der Waals surface area contributed by atoms with Gasteiger partial charge in [-0.1, -0.05) is 0 Å². The summed E-state index contributed by atoms with van der Waals surface area (Å²) < 4.78 is 1.68. The van der Waals surface area contributed by atoms with Crippen LogP contribution >= 0.6 is 0 Å². The largest absolute Gasteiger partial charge is 0.395 e. The minimum absolute atomic E-state index is 0.113. The third-order valence-corrected chi connectivity index (χ3v) is 4.29. The molecule has 1 aromatic rings. The van der Waals surface area contributed by atoms with E-state index in [1.807, 2.05) is 13.8 Å². The van der Waals surface area contributed by atoms with E-state index in [1.54, 1.807) is 4.68 Å². The maximum Gasteiger partial charge on any atom is 0.271 e. The van der Waals surface area contributed by atoms with Gasteiger partial charge in [0.2, 0.25) is 0 Å². The molecule has 0 aromatic carbocycles. The van der Waals surface area contributed by atoms with E-state index in [1.165, 1.54) is 0 Å². The van der Waals surface area contributed by atoms with Crippen LogP contribution in [0.25, 0.3) is 0 Å². The van der Waals surface area contributed by atoms with Crippen LogP contribution in [0.5, 0.6) is 0 Å². The van der Waals surface area contributed by atoms with E-state index in [2.05, 4.69) is 29.2 Å². The first-order chi connectivity index (χ1) is 9.93. The van der Waals surface area contributed by atoms with Crippen molar-refractivity contribution in [3.8, 4) is 0 Å². The minimum Gasteiger partial charge on any atom is -0.395 e. The maximum absolute atomic E-state index is 12.4. The molecule has 6 heteroatoms. The van der Waals surface area contributed by atoms with Gasteiger partial charge in [0.1, 0.15) is 5.69 Å². The predicted molar refractivity (Wildman–Crippen MR) is 84.2 cm³/mol. The van der Waals surface area contributed by atoms with Crippen molar-refractivity contribution in [3.63, 3.8) is 0 Å². The van der Waals surface area contributed by atoms with Crippen molar-refractivity contribution in [1.82, 2.24) is 20.0 Å². The van der Waals surface area contributed by atoms with E-state index < -0.39 is 0 Å². The highest BCUT2D eigenvalue weighted by Gasteiger charge is 2.25. The Labute approximate surface area is 126 Å². The summed E-state index contributed by atoms with van der Waals surface area (Å²) in [5.74, 6) is 0.412. The number of nitrogens with two attached hydrogens (primary N) is 1. The molecule has 1 unspecified atom stereocenters. The van der Waals surface area contributed by atoms with Gasteiger partial charge in [-0.3, -0.25) is 9.48 Å². The van der Waals surface area contributed by atoms with Gasteiger partial charge in [0.05, 0.1) is 11.4 Å². The molecule has 0 spiro atoms. The third kappa shape index (κ3) is 3.37. The second kappa shape index (κ2) is 6.47. The van der Waals surface area contributed by atoms with Crippen LogP contribution in [0.1, 0.15) is 43.4 Å². The lowest BCUT2D eigenvalue weighted by atomic mass is 10.1. The van der Waals surface area contributed by atoms with Gasteiger partial charge in [0.25, 0.3) is 5.91 Å². The average Bonchev–Trinajstić information content (AvgIpc) is 3.02. The van der Waals surface area contributed by atoms with Gasteiger partial charge in [-0.15, -0.1) is 0 Å². The summed E-state index contributed by atoms with van der Waals surface area (Å²) in [7, 11) is 0. The first-order valence-electron chi connectivity index (χ1n) is 7.79. The third-order valence-electron chi connectivity index (χ3n) is 4.29. The van der Waals surface area contributed by atoms with Crippen molar-refractivity contribution in [2.24, 2.45) is 5.92 Å². The Morgan fingerprint density at radius 1 is 1.52 bits per heavy atom. The molecule has 1 aromatic heterocycles. The highest BCUT2D eigenvalue weighted by atomic mass is 16.2. The lowest BCUT2D eigenvalue weighted by Gasteiger charge is -2.20. The van der Waals surface area contributed by atoms with Gasteiger partial charge in [-0.05, 0) is 46.6 Å². The predicted octanol–water partition coefficient (Wildman–Crippen LogP) is 1.25. The Bertz CT molecular complexity index is 508. The molecule has 1 aliphatic rings. The van der Waals surface area contributed by atoms with E-state index in [4.69, 9.17) is 5.73 Å². The molecule has 1 aliphatic heterocycles. The molecule has 0 saturated carbocycles. The lowest BCUT2D eigenvalue weighted by Crippen LogP contribution is -2.34. The second-order valence-electron chi connectivity index (χ2n) is 6.12. The number of nitrogens with one attached hydrogen (secondary N) is 1. The van der Waals surface area contributed by atoms with E-state index >= 15 is 0 Å². The Balaban J connectivity index is 1.94. The van der Waals surface area contributed by atoms with E-state index in [9.17, 15) is 4.79 Å². The van der Waals surface area contributed by atoms with Crippen molar-refractivity contribution in [2.45, 2.75) is 46.7 Å². The van der Waals surface area contributed by atoms with Crippen LogP contribution in [0, 0.1) is 12.8 Å². The minimum atomic E-state index is -0.113. The van der Waals surface area contributed by atoms with Gasteiger partial charge < -0.3 is 16.0 Å². The van der Waals surface area contributed by atoms with Crippen LogP contribution in [0.4, 0.5) is 5.69 Å². The number of aromatic nitrogens is 2. The number of likely N-dealkylation sites (tertiary alicyclic amines) is 1. The number of nitrogen functional groups attached to an aromatic ring is 1. The number of nitrogens with zero attached hydrogens (tertiary/aromatic N) is 3. The highest BCUT2D eigenvalue weighted by molar-refractivity contribution is 5.97. The van der Waals surface area contributed by atoms with Crippen molar-refractivity contribution in [2.75, 3.05) is 25.4 Å². The van der Waals surface area contributed by atoms with E-state index in [0.29, 0.717) is 42.1 Å². The Morgan fingerprint density at radius 2 is 2.24 bits per heavy atom. The second-order valence-corrected chi connectivity index (χ2v) is 6.12. The Hall–Kier alpha value is -1.56. The summed E-state index contributed by atoms with van der Waals surface area (Å²) in [5, 5.41) is 7.31. The molecule has 21 heavy (non-hydrogen) atoms. The number of anilines is 1. The van der Waals surface area contributed by atoms with Crippen LogP contribution < -0.4 is 11.1 Å². The van der Waals surface area contributed by atoms with Crippen molar-refractivity contribution >= 4 is 11.6 Å². The molecule has 0 radical (unpaired) electrons. The molecule has 2 rings (SSSR count). The summed E-state index contributed by atoms with van der Waals surface area (Å²) in [6.07, 6.45) is 1.14. The topological polar surface area (TPSA) is 76.2 Å². The fourth-order valence-electron chi connectivity index (χ4n) is 2.88. The monoisotopic (exact) mass is 293 g/mol. The fraction of sp³-hybridized carbons (Fsp3) is 0.733. The molecular weight excluding hydrogens is 266 g/mol. The standard InChI is InChI=1S/C15H27N5O/c1-5-20-14(13(16)11(4)18-20)15(21)17-8-12-6-7-19(9-12)10(2)3/h10,12H,5-9,16H2,1-4H3,(H,17,21). The van der Waals surface area contributed by atoms with Gasteiger partial charge in [0.15, 0.2) is 0 Å². The van der Waals surface area contributed by atoms with Crippen molar-refractivity contribution < 1.29 is 4.79 Å². The van der Waals surface area contributed by atoms with E-state index in [-0.39, 0.29) is 5.91 Å². The van der Waals surface area contributed by atoms with Crippen molar-refractivity contribution in [1.29, 1.82) is 0 Å². The molecule has 0 aliphatic carbocycles. The van der Waals surface area contributed by atoms with Gasteiger partial charge in [-0.25, -0.2) is 0 Å². The van der Waals surface area contributed by atoms with Crippen LogP contribution in [0.15, 0.2) is 0 Å². The zero-order valence-electron chi connectivity index (χ0n) is 13.5. The SMILES string of the molecule is CCn1nc(C)c(N)c1C(=O)NCC1CCN(C(C)C)C1. The van der Waals surface area contributed by atoms with Gasteiger partial charge in [0, 0.05) is 25.7 Å². The zero-order chi connectivity index (χ0) is 15.6. The molecule has 6 nitrogen and oxygen atoms in total. The number of hydrogen-bond acceptors (Lipinski definition) is 4. The zero-order valence-corrected chi connectivity index (χ0v) is 13.5. The normalized spacial score (nSPS) is 19.4. The number of carbonyl (C=O) groups is 1. The van der Waals surface area contributed by atoms with Crippen LogP contribution in [0.3, 0.4) is 0 Å². The summed E-state index contributed by atoms with van der Waals surface area (Å²) in [6, 6.07) is 0.575. The average molecular weight is 293 g/mol. The summed E-state index contributed by atoms with van der Waals surface area (Å²) in [4.78, 5) is 14.8. The molecule has 1 amide bonds. The highest BCUT2D eigenvalue weighted by Crippen LogP contribution is 2.19. The van der Waals surface area contributed by atoms with Gasteiger partial charge in [-0.2, -0.15) is 5.10 Å². The molecule has 118 valence electrons. The Morgan fingerprint density at radius 3 is 2.81 bits per heavy atom. The smallest absolute Gasteiger partial charge is 0.271 e. The van der Waals surface area contributed by atoms with E-state index in [0.717, 1.165) is 19.5 Å². The fourth-order valence-corrected chi connectivity index (χ4v) is 2.88. The number of hydrogen-bond donors (Lipinski definition) is 2. The number of amides is 1. The summed E-state index contributed by atoms with van der Waals surface area (Å²) >= 11 is 0. The molecule has 3 N–H and O–H groups in total. The first kappa shape index (κ1) is 15.8. The molecular formula is C15H27N5O. The van der Waals surface area contributed by atoms with Crippen LogP contribution in [-0.2, 0) is 6.54 Å². The van der Waals surface area contributed by atoms with Gasteiger partial charge >= 0.3 is 0 Å². The maximum atomic E-state index is 12.4. The lowest BCUT2D eigenvalue weighted by molar-refractivity contribution is 0.0937. The molecule has 1 atom stereocenters. The molecule has 1 saturated heterocycles. The summed E-state index contributed by atoms with van der Waals surface area (Å²) in [5.41, 5.74) is 7.67.